The number of rotatable bonds is 3. The molecule has 13 heavy (non-hydrogen) atoms. The van der Waals surface area contributed by atoms with Crippen molar-refractivity contribution >= 4 is 5.97 Å². The molecule has 0 spiro atoms. The van der Waals surface area contributed by atoms with Gasteiger partial charge in [0.05, 0.1) is 19.2 Å². The minimum Gasteiger partial charge on any atom is -0.469 e. The number of hydrogen-bond donors (Lipinski definition) is 0. The van der Waals surface area contributed by atoms with Gasteiger partial charge in [-0.2, -0.15) is 5.10 Å². The summed E-state index contributed by atoms with van der Waals surface area (Å²) < 4.78 is 6.34. The molecule has 0 saturated carbocycles. The monoisotopic (exact) mass is 182 g/mol. The molecule has 0 aliphatic rings. The van der Waals surface area contributed by atoms with Crippen LogP contribution < -0.4 is 0 Å². The van der Waals surface area contributed by atoms with Crippen molar-refractivity contribution in [3.63, 3.8) is 0 Å². The first kappa shape index (κ1) is 9.77. The SMILES string of the molecule is COC(=O)CCc1cc(C)nn1C. The van der Waals surface area contributed by atoms with Crippen molar-refractivity contribution in [2.45, 2.75) is 19.8 Å². The number of nitrogens with zero attached hydrogens (tertiary/aromatic N) is 2. The van der Waals surface area contributed by atoms with Crippen LogP contribution in [0.15, 0.2) is 6.07 Å². The van der Waals surface area contributed by atoms with E-state index in [9.17, 15) is 4.79 Å². The molecule has 0 bridgehead atoms. The Hall–Kier alpha value is -1.32. The molecule has 0 radical (unpaired) electrons. The summed E-state index contributed by atoms with van der Waals surface area (Å²) in [5.74, 6) is -0.182. The van der Waals surface area contributed by atoms with Crippen LogP contribution in [-0.2, 0) is 23.0 Å². The fourth-order valence-electron chi connectivity index (χ4n) is 1.23. The van der Waals surface area contributed by atoms with E-state index in [2.05, 4.69) is 9.84 Å². The number of esters is 1. The number of carbonyl (C=O) groups is 1. The summed E-state index contributed by atoms with van der Waals surface area (Å²) in [6, 6.07) is 1.98. The molecule has 4 nitrogen and oxygen atoms in total. The molecule has 4 heteroatoms. The summed E-state index contributed by atoms with van der Waals surface area (Å²) in [5, 5.41) is 4.18. The Morgan fingerprint density at radius 1 is 1.69 bits per heavy atom. The van der Waals surface area contributed by atoms with Gasteiger partial charge in [0, 0.05) is 12.7 Å². The average Bonchev–Trinajstić information content (AvgIpc) is 2.41. The fourth-order valence-corrected chi connectivity index (χ4v) is 1.23. The van der Waals surface area contributed by atoms with Gasteiger partial charge in [-0.1, -0.05) is 0 Å². The van der Waals surface area contributed by atoms with E-state index in [0.717, 1.165) is 11.4 Å². The highest BCUT2D eigenvalue weighted by molar-refractivity contribution is 5.69. The minimum absolute atomic E-state index is 0.182. The summed E-state index contributed by atoms with van der Waals surface area (Å²) in [6.45, 7) is 1.93. The fraction of sp³-hybridized carbons (Fsp3) is 0.556. The minimum atomic E-state index is -0.182. The molecule has 1 aromatic rings. The highest BCUT2D eigenvalue weighted by Gasteiger charge is 2.05. The van der Waals surface area contributed by atoms with E-state index in [1.807, 2.05) is 20.0 Å². The third-order valence-corrected chi connectivity index (χ3v) is 1.91. The Kier molecular flexibility index (Phi) is 3.06. The van der Waals surface area contributed by atoms with Gasteiger partial charge in [-0.25, -0.2) is 0 Å². The van der Waals surface area contributed by atoms with Crippen LogP contribution in [0, 0.1) is 6.92 Å². The molecule has 0 atom stereocenters. The number of aryl methyl sites for hydroxylation is 3. The Balaban J connectivity index is 2.54. The summed E-state index contributed by atoms with van der Waals surface area (Å²) in [7, 11) is 3.27. The lowest BCUT2D eigenvalue weighted by molar-refractivity contribution is -0.140. The van der Waals surface area contributed by atoms with E-state index in [-0.39, 0.29) is 5.97 Å². The Morgan fingerprint density at radius 3 is 2.85 bits per heavy atom. The van der Waals surface area contributed by atoms with E-state index in [1.165, 1.54) is 7.11 Å². The second kappa shape index (κ2) is 4.07. The maximum absolute atomic E-state index is 10.9. The predicted molar refractivity (Wildman–Crippen MR) is 48.3 cm³/mol. The zero-order valence-corrected chi connectivity index (χ0v) is 8.20. The third-order valence-electron chi connectivity index (χ3n) is 1.91. The van der Waals surface area contributed by atoms with Crippen molar-refractivity contribution in [2.75, 3.05) is 7.11 Å². The molecule has 0 aromatic carbocycles. The van der Waals surface area contributed by atoms with Crippen LogP contribution in [-0.4, -0.2) is 22.9 Å². The molecule has 0 N–H and O–H groups in total. The summed E-state index contributed by atoms with van der Waals surface area (Å²) in [4.78, 5) is 10.9. The van der Waals surface area contributed by atoms with Crippen LogP contribution in [0.3, 0.4) is 0 Å². The van der Waals surface area contributed by atoms with Gasteiger partial charge >= 0.3 is 5.97 Å². The van der Waals surface area contributed by atoms with Gasteiger partial charge in [-0.15, -0.1) is 0 Å². The second-order valence-corrected chi connectivity index (χ2v) is 2.98. The largest absolute Gasteiger partial charge is 0.469 e. The van der Waals surface area contributed by atoms with Crippen LogP contribution >= 0.6 is 0 Å². The molecule has 1 rings (SSSR count). The normalized spacial score (nSPS) is 10.1. The summed E-state index contributed by atoms with van der Waals surface area (Å²) in [6.07, 6.45) is 1.10. The average molecular weight is 182 g/mol. The second-order valence-electron chi connectivity index (χ2n) is 2.98. The predicted octanol–water partition coefficient (Wildman–Crippen LogP) is 0.834. The maximum atomic E-state index is 10.9. The van der Waals surface area contributed by atoms with Gasteiger partial charge in [0.2, 0.25) is 0 Å². The van der Waals surface area contributed by atoms with E-state index < -0.39 is 0 Å². The van der Waals surface area contributed by atoms with E-state index in [0.29, 0.717) is 12.8 Å². The van der Waals surface area contributed by atoms with Gasteiger partial charge < -0.3 is 4.74 Å². The zero-order chi connectivity index (χ0) is 9.84. The number of methoxy groups -OCH3 is 1. The number of carbonyl (C=O) groups excluding carboxylic acids is 1. The summed E-state index contributed by atoms with van der Waals surface area (Å²) >= 11 is 0. The third kappa shape index (κ3) is 2.57. The molecule has 0 aliphatic carbocycles. The number of aromatic nitrogens is 2. The molecule has 0 aliphatic heterocycles. The van der Waals surface area contributed by atoms with Crippen LogP contribution in [0.2, 0.25) is 0 Å². The molecular weight excluding hydrogens is 168 g/mol. The van der Waals surface area contributed by atoms with Gasteiger partial charge in [-0.05, 0) is 19.4 Å². The lowest BCUT2D eigenvalue weighted by Gasteiger charge is -1.99. The molecule has 0 fully saturated rings. The van der Waals surface area contributed by atoms with Crippen molar-refractivity contribution in [3.8, 4) is 0 Å². The molecule has 0 unspecified atom stereocenters. The van der Waals surface area contributed by atoms with Crippen LogP contribution in [0.5, 0.6) is 0 Å². The smallest absolute Gasteiger partial charge is 0.305 e. The quantitative estimate of drug-likeness (QED) is 0.650. The standard InChI is InChI=1S/C9H14N2O2/c1-7-6-8(11(2)10-7)4-5-9(12)13-3/h6H,4-5H2,1-3H3. The molecule has 1 aromatic heterocycles. The zero-order valence-electron chi connectivity index (χ0n) is 8.20. The maximum Gasteiger partial charge on any atom is 0.305 e. The molecule has 1 heterocycles. The van der Waals surface area contributed by atoms with Crippen molar-refractivity contribution in [1.29, 1.82) is 0 Å². The lowest BCUT2D eigenvalue weighted by Crippen LogP contribution is -2.05. The van der Waals surface area contributed by atoms with Gasteiger partial charge in [-0.3, -0.25) is 9.48 Å². The highest BCUT2D eigenvalue weighted by Crippen LogP contribution is 2.05. The first-order valence-electron chi connectivity index (χ1n) is 4.20. The Morgan fingerprint density at radius 2 is 2.38 bits per heavy atom. The van der Waals surface area contributed by atoms with Crippen molar-refractivity contribution in [3.05, 3.63) is 17.5 Å². The van der Waals surface area contributed by atoms with E-state index >= 15 is 0 Å². The topological polar surface area (TPSA) is 44.1 Å². The van der Waals surface area contributed by atoms with Crippen molar-refractivity contribution < 1.29 is 9.53 Å². The van der Waals surface area contributed by atoms with Crippen LogP contribution in [0.1, 0.15) is 17.8 Å². The highest BCUT2D eigenvalue weighted by atomic mass is 16.5. The lowest BCUT2D eigenvalue weighted by atomic mass is 10.2. The van der Waals surface area contributed by atoms with Crippen LogP contribution in [0.4, 0.5) is 0 Å². The first-order chi connectivity index (χ1) is 6.13. The Labute approximate surface area is 77.5 Å². The van der Waals surface area contributed by atoms with Gasteiger partial charge in [0.15, 0.2) is 0 Å². The van der Waals surface area contributed by atoms with E-state index in [1.54, 1.807) is 4.68 Å². The number of ether oxygens (including phenoxy) is 1. The molecule has 72 valence electrons. The molecular formula is C9H14N2O2. The number of hydrogen-bond acceptors (Lipinski definition) is 3. The Bertz CT molecular complexity index is 305. The van der Waals surface area contributed by atoms with E-state index in [4.69, 9.17) is 0 Å². The molecule has 0 amide bonds. The first-order valence-corrected chi connectivity index (χ1v) is 4.20. The van der Waals surface area contributed by atoms with Crippen LogP contribution in [0.25, 0.3) is 0 Å². The molecule has 0 saturated heterocycles. The van der Waals surface area contributed by atoms with Crippen molar-refractivity contribution in [2.24, 2.45) is 7.05 Å². The summed E-state index contributed by atoms with van der Waals surface area (Å²) in [5.41, 5.74) is 2.03. The van der Waals surface area contributed by atoms with Crippen molar-refractivity contribution in [1.82, 2.24) is 9.78 Å². The van der Waals surface area contributed by atoms with Gasteiger partial charge in [0.1, 0.15) is 0 Å². The van der Waals surface area contributed by atoms with Gasteiger partial charge in [0.25, 0.3) is 0 Å².